The van der Waals surface area contributed by atoms with Crippen LogP contribution in [0.3, 0.4) is 0 Å². The lowest BCUT2D eigenvalue weighted by Gasteiger charge is -2.28. The zero-order chi connectivity index (χ0) is 14.1. The summed E-state index contributed by atoms with van der Waals surface area (Å²) in [6.45, 7) is 9.46. The molecular formula is C15H28N4. The average Bonchev–Trinajstić information content (AvgIpc) is 2.41. The van der Waals surface area contributed by atoms with Crippen molar-refractivity contribution in [3.05, 3.63) is 24.0 Å². The van der Waals surface area contributed by atoms with Crippen LogP contribution >= 0.6 is 0 Å². The van der Waals surface area contributed by atoms with Crippen molar-refractivity contribution in [1.82, 2.24) is 15.2 Å². The van der Waals surface area contributed by atoms with Crippen LogP contribution in [0.2, 0.25) is 0 Å². The minimum Gasteiger partial charge on any atom is -0.370 e. The fourth-order valence-corrected chi connectivity index (χ4v) is 2.07. The third-order valence-electron chi connectivity index (χ3n) is 3.09. The average molecular weight is 264 g/mol. The second-order valence-corrected chi connectivity index (χ2v) is 5.08. The molecule has 0 bridgehead atoms. The number of nitrogens with zero attached hydrogens (tertiary/aromatic N) is 3. The van der Waals surface area contributed by atoms with Crippen LogP contribution in [0.25, 0.3) is 0 Å². The molecule has 0 unspecified atom stereocenters. The van der Waals surface area contributed by atoms with Gasteiger partial charge in [-0.2, -0.15) is 0 Å². The molecule has 4 nitrogen and oxygen atoms in total. The quantitative estimate of drug-likeness (QED) is 0.739. The van der Waals surface area contributed by atoms with Crippen molar-refractivity contribution < 1.29 is 0 Å². The van der Waals surface area contributed by atoms with Crippen molar-refractivity contribution in [2.24, 2.45) is 0 Å². The summed E-state index contributed by atoms with van der Waals surface area (Å²) in [5, 5.41) is 3.39. The number of anilines is 1. The monoisotopic (exact) mass is 264 g/mol. The highest BCUT2D eigenvalue weighted by Gasteiger charge is 2.10. The summed E-state index contributed by atoms with van der Waals surface area (Å²) in [5.74, 6) is 0. The molecule has 108 valence electrons. The molecule has 0 aliphatic rings. The maximum absolute atomic E-state index is 4.26. The van der Waals surface area contributed by atoms with E-state index in [1.165, 1.54) is 11.3 Å². The Bertz CT molecular complexity index is 352. The van der Waals surface area contributed by atoms with Gasteiger partial charge < -0.3 is 15.1 Å². The number of aromatic nitrogens is 1. The largest absolute Gasteiger partial charge is 0.370 e. The van der Waals surface area contributed by atoms with Gasteiger partial charge in [-0.25, -0.2) is 0 Å². The Morgan fingerprint density at radius 3 is 2.58 bits per heavy atom. The summed E-state index contributed by atoms with van der Waals surface area (Å²) in [6.07, 6.45) is 5.04. The van der Waals surface area contributed by atoms with E-state index in [4.69, 9.17) is 0 Å². The van der Waals surface area contributed by atoms with Crippen molar-refractivity contribution in [2.75, 3.05) is 45.2 Å². The lowest BCUT2D eigenvalue weighted by atomic mass is 10.2. The van der Waals surface area contributed by atoms with Crippen LogP contribution in [-0.4, -0.2) is 50.2 Å². The third-order valence-corrected chi connectivity index (χ3v) is 3.09. The van der Waals surface area contributed by atoms with Crippen LogP contribution in [0.5, 0.6) is 0 Å². The molecule has 0 saturated heterocycles. The van der Waals surface area contributed by atoms with Gasteiger partial charge in [0.25, 0.3) is 0 Å². The van der Waals surface area contributed by atoms with Crippen molar-refractivity contribution in [2.45, 2.75) is 26.8 Å². The van der Waals surface area contributed by atoms with Crippen LogP contribution in [0.4, 0.5) is 5.69 Å². The number of hydrogen-bond acceptors (Lipinski definition) is 4. The fraction of sp³-hybridized carbons (Fsp3) is 0.667. The Balaban J connectivity index is 2.81. The molecule has 1 aromatic rings. The van der Waals surface area contributed by atoms with E-state index < -0.39 is 0 Å². The van der Waals surface area contributed by atoms with Gasteiger partial charge in [0.1, 0.15) is 0 Å². The van der Waals surface area contributed by atoms with E-state index in [2.05, 4.69) is 54.1 Å². The van der Waals surface area contributed by atoms with E-state index in [1.54, 1.807) is 0 Å². The molecular weight excluding hydrogens is 236 g/mol. The van der Waals surface area contributed by atoms with E-state index in [-0.39, 0.29) is 0 Å². The highest BCUT2D eigenvalue weighted by molar-refractivity contribution is 5.52. The summed E-state index contributed by atoms with van der Waals surface area (Å²) >= 11 is 0. The van der Waals surface area contributed by atoms with Gasteiger partial charge in [-0.1, -0.05) is 13.8 Å². The highest BCUT2D eigenvalue weighted by Crippen LogP contribution is 2.19. The van der Waals surface area contributed by atoms with Gasteiger partial charge in [-0.15, -0.1) is 0 Å². The second-order valence-electron chi connectivity index (χ2n) is 5.08. The first-order chi connectivity index (χ1) is 9.19. The first kappa shape index (κ1) is 15.9. The Labute approximate surface area is 117 Å². The minimum atomic E-state index is 0.891. The highest BCUT2D eigenvalue weighted by atomic mass is 15.2. The molecule has 0 atom stereocenters. The van der Waals surface area contributed by atoms with Crippen molar-refractivity contribution in [3.63, 3.8) is 0 Å². The molecule has 1 heterocycles. The van der Waals surface area contributed by atoms with Crippen LogP contribution in [0.15, 0.2) is 18.5 Å². The van der Waals surface area contributed by atoms with Gasteiger partial charge in [-0.3, -0.25) is 4.98 Å². The summed E-state index contributed by atoms with van der Waals surface area (Å²) in [4.78, 5) is 8.96. The van der Waals surface area contributed by atoms with Gasteiger partial charge in [0.15, 0.2) is 0 Å². The predicted octanol–water partition coefficient (Wildman–Crippen LogP) is 1.97. The molecule has 0 aliphatic heterocycles. The molecule has 19 heavy (non-hydrogen) atoms. The van der Waals surface area contributed by atoms with E-state index in [9.17, 15) is 0 Å². The van der Waals surface area contributed by atoms with E-state index in [0.29, 0.717) is 0 Å². The Morgan fingerprint density at radius 1 is 1.16 bits per heavy atom. The molecule has 0 fully saturated rings. The molecule has 1 rings (SSSR count). The molecule has 0 radical (unpaired) electrons. The first-order valence-corrected chi connectivity index (χ1v) is 7.22. The van der Waals surface area contributed by atoms with Crippen molar-refractivity contribution in [1.29, 1.82) is 0 Å². The molecule has 0 aromatic carbocycles. The second kappa shape index (κ2) is 8.88. The van der Waals surface area contributed by atoms with E-state index in [0.717, 1.165) is 39.1 Å². The zero-order valence-corrected chi connectivity index (χ0v) is 12.8. The van der Waals surface area contributed by atoms with E-state index >= 15 is 0 Å². The molecule has 1 aromatic heterocycles. The SMILES string of the molecule is CCCN(CCN(C)C)c1ccncc1CNCC. The molecule has 0 amide bonds. The summed E-state index contributed by atoms with van der Waals surface area (Å²) in [7, 11) is 4.24. The van der Waals surface area contributed by atoms with Crippen LogP contribution in [0.1, 0.15) is 25.8 Å². The molecule has 0 spiro atoms. The van der Waals surface area contributed by atoms with Crippen molar-refractivity contribution >= 4 is 5.69 Å². The number of likely N-dealkylation sites (N-methyl/N-ethyl adjacent to an activating group) is 1. The molecule has 0 aliphatic carbocycles. The van der Waals surface area contributed by atoms with Crippen LogP contribution in [0, 0.1) is 0 Å². The minimum absolute atomic E-state index is 0.891. The summed E-state index contributed by atoms with van der Waals surface area (Å²) in [5.41, 5.74) is 2.61. The maximum atomic E-state index is 4.26. The van der Waals surface area contributed by atoms with Gasteiger partial charge in [0.2, 0.25) is 0 Å². The number of nitrogens with one attached hydrogen (secondary N) is 1. The smallest absolute Gasteiger partial charge is 0.0443 e. The maximum Gasteiger partial charge on any atom is 0.0443 e. The van der Waals surface area contributed by atoms with E-state index in [1.807, 2.05) is 12.4 Å². The lowest BCUT2D eigenvalue weighted by molar-refractivity contribution is 0.412. The standard InChI is InChI=1S/C15H28N4/c1-5-9-19(11-10-18(3)4)15-7-8-17-13-14(15)12-16-6-2/h7-8,13,16H,5-6,9-12H2,1-4H3. The first-order valence-electron chi connectivity index (χ1n) is 7.22. The fourth-order valence-electron chi connectivity index (χ4n) is 2.07. The topological polar surface area (TPSA) is 31.4 Å². The van der Waals surface area contributed by atoms with Crippen LogP contribution < -0.4 is 10.2 Å². The van der Waals surface area contributed by atoms with Gasteiger partial charge in [-0.05, 0) is 33.1 Å². The van der Waals surface area contributed by atoms with Gasteiger partial charge in [0, 0.05) is 49.8 Å². The number of rotatable bonds is 9. The normalized spacial score (nSPS) is 11.0. The molecule has 1 N–H and O–H groups in total. The zero-order valence-electron chi connectivity index (χ0n) is 12.8. The molecule has 4 heteroatoms. The Morgan fingerprint density at radius 2 is 1.95 bits per heavy atom. The Kier molecular flexibility index (Phi) is 7.45. The Hall–Kier alpha value is -1.13. The number of hydrogen-bond donors (Lipinski definition) is 1. The summed E-state index contributed by atoms with van der Waals surface area (Å²) < 4.78 is 0. The van der Waals surface area contributed by atoms with Gasteiger partial charge >= 0.3 is 0 Å². The van der Waals surface area contributed by atoms with Gasteiger partial charge in [0.05, 0.1) is 0 Å². The lowest BCUT2D eigenvalue weighted by Crippen LogP contribution is -2.33. The van der Waals surface area contributed by atoms with Crippen molar-refractivity contribution in [3.8, 4) is 0 Å². The predicted molar refractivity (Wildman–Crippen MR) is 82.7 cm³/mol. The number of pyridine rings is 1. The third kappa shape index (κ3) is 5.57. The molecule has 0 saturated carbocycles. The van der Waals surface area contributed by atoms with Crippen LogP contribution in [-0.2, 0) is 6.54 Å². The summed E-state index contributed by atoms with van der Waals surface area (Å²) in [6, 6.07) is 2.14.